The van der Waals surface area contributed by atoms with Crippen LogP contribution in [-0.2, 0) is 6.42 Å². The first-order valence-electron chi connectivity index (χ1n) is 6.67. The molecule has 3 rings (SSSR count). The zero-order chi connectivity index (χ0) is 11.7. The number of hydrogen-bond acceptors (Lipinski definition) is 4. The average molecular weight is 268 g/mol. The van der Waals surface area contributed by atoms with Crippen molar-refractivity contribution in [2.24, 2.45) is 0 Å². The molecule has 2 nitrogen and oxygen atoms in total. The summed E-state index contributed by atoms with van der Waals surface area (Å²) in [6.45, 7) is 0. The number of rotatable bonds is 2. The maximum atomic E-state index is 4.93. The van der Waals surface area contributed by atoms with Gasteiger partial charge < -0.3 is 5.32 Å². The van der Waals surface area contributed by atoms with Gasteiger partial charge in [0.15, 0.2) is 0 Å². The molecule has 0 bridgehead atoms. The van der Waals surface area contributed by atoms with Gasteiger partial charge in [-0.05, 0) is 44.9 Å². The Kier molecular flexibility index (Phi) is 3.73. The lowest BCUT2D eigenvalue weighted by atomic mass is 9.98. The monoisotopic (exact) mass is 268 g/mol. The number of nitrogens with zero attached hydrogens (tertiary/aromatic N) is 1. The standard InChI is InChI=1S/C13H20N2S2/c1-14-9-5-4-6-10-12(9)17-13(15-10)11-7-2-3-8-16-11/h9,11,14H,2-8H2,1H3. The Bertz CT molecular complexity index is 383. The molecule has 94 valence electrons. The topological polar surface area (TPSA) is 24.9 Å². The van der Waals surface area contributed by atoms with Crippen LogP contribution in [0.1, 0.15) is 59.0 Å². The lowest BCUT2D eigenvalue weighted by Gasteiger charge is -2.20. The fraction of sp³-hybridized carbons (Fsp3) is 0.769. The molecule has 1 fully saturated rings. The second kappa shape index (κ2) is 5.29. The predicted molar refractivity (Wildman–Crippen MR) is 75.9 cm³/mol. The van der Waals surface area contributed by atoms with Crippen LogP contribution in [0.5, 0.6) is 0 Å². The molecule has 1 aliphatic heterocycles. The maximum absolute atomic E-state index is 4.93. The number of fused-ring (bicyclic) bond motifs is 1. The lowest BCUT2D eigenvalue weighted by molar-refractivity contribution is 0.500. The predicted octanol–water partition coefficient (Wildman–Crippen LogP) is 3.70. The van der Waals surface area contributed by atoms with Crippen LogP contribution in [-0.4, -0.2) is 17.8 Å². The summed E-state index contributed by atoms with van der Waals surface area (Å²) in [5, 5.41) is 5.54. The largest absolute Gasteiger partial charge is 0.312 e. The van der Waals surface area contributed by atoms with Gasteiger partial charge in [0.25, 0.3) is 0 Å². The summed E-state index contributed by atoms with van der Waals surface area (Å²) in [4.78, 5) is 6.46. The molecular weight excluding hydrogens is 248 g/mol. The van der Waals surface area contributed by atoms with E-state index in [-0.39, 0.29) is 0 Å². The molecule has 2 heterocycles. The third-order valence-electron chi connectivity index (χ3n) is 3.77. The van der Waals surface area contributed by atoms with E-state index in [2.05, 4.69) is 24.1 Å². The van der Waals surface area contributed by atoms with Crippen molar-refractivity contribution in [1.82, 2.24) is 10.3 Å². The minimum absolute atomic E-state index is 0.568. The van der Waals surface area contributed by atoms with Crippen molar-refractivity contribution in [1.29, 1.82) is 0 Å². The van der Waals surface area contributed by atoms with Crippen molar-refractivity contribution in [3.05, 3.63) is 15.6 Å². The molecule has 2 aliphatic rings. The summed E-state index contributed by atoms with van der Waals surface area (Å²) in [6.07, 6.45) is 7.88. The number of nitrogens with one attached hydrogen (secondary N) is 1. The van der Waals surface area contributed by atoms with Crippen LogP contribution in [0.2, 0.25) is 0 Å². The molecule has 1 aliphatic carbocycles. The molecule has 17 heavy (non-hydrogen) atoms. The summed E-state index contributed by atoms with van der Waals surface area (Å²) in [6, 6.07) is 0.568. The van der Waals surface area contributed by atoms with Gasteiger partial charge in [-0.2, -0.15) is 11.8 Å². The van der Waals surface area contributed by atoms with Crippen molar-refractivity contribution < 1.29 is 0 Å². The van der Waals surface area contributed by atoms with Gasteiger partial charge in [0.1, 0.15) is 5.01 Å². The van der Waals surface area contributed by atoms with Gasteiger partial charge in [-0.25, -0.2) is 4.98 Å². The highest BCUT2D eigenvalue weighted by atomic mass is 32.2. The minimum Gasteiger partial charge on any atom is -0.312 e. The van der Waals surface area contributed by atoms with Crippen LogP contribution < -0.4 is 5.32 Å². The number of hydrogen-bond donors (Lipinski definition) is 1. The van der Waals surface area contributed by atoms with Crippen molar-refractivity contribution in [2.45, 2.75) is 49.8 Å². The molecule has 1 aromatic rings. The van der Waals surface area contributed by atoms with E-state index in [1.807, 2.05) is 11.3 Å². The summed E-state index contributed by atoms with van der Waals surface area (Å²) >= 11 is 4.10. The van der Waals surface area contributed by atoms with Crippen LogP contribution in [0.15, 0.2) is 0 Å². The van der Waals surface area contributed by atoms with Gasteiger partial charge in [0.05, 0.1) is 10.9 Å². The molecule has 1 N–H and O–H groups in total. The van der Waals surface area contributed by atoms with Gasteiger partial charge in [0.2, 0.25) is 0 Å². The Morgan fingerprint density at radius 2 is 2.18 bits per heavy atom. The van der Waals surface area contributed by atoms with Gasteiger partial charge in [0, 0.05) is 10.9 Å². The van der Waals surface area contributed by atoms with Gasteiger partial charge in [-0.1, -0.05) is 6.42 Å². The van der Waals surface area contributed by atoms with Crippen LogP contribution in [0.4, 0.5) is 0 Å². The Morgan fingerprint density at radius 1 is 1.24 bits per heavy atom. The average Bonchev–Trinajstić information content (AvgIpc) is 2.83. The molecule has 2 atom stereocenters. The molecule has 0 spiro atoms. The third-order valence-corrected chi connectivity index (χ3v) is 6.63. The Morgan fingerprint density at radius 3 is 2.94 bits per heavy atom. The fourth-order valence-electron chi connectivity index (χ4n) is 2.79. The van der Waals surface area contributed by atoms with Crippen LogP contribution in [0.3, 0.4) is 0 Å². The Hall–Kier alpha value is -0.0600. The second-order valence-corrected chi connectivity index (χ2v) is 7.32. The number of thiazole rings is 1. The Labute approximate surface area is 112 Å². The molecule has 2 unspecified atom stereocenters. The van der Waals surface area contributed by atoms with E-state index in [0.717, 1.165) is 0 Å². The normalized spacial score (nSPS) is 29.0. The second-order valence-electron chi connectivity index (χ2n) is 4.95. The summed E-state index contributed by atoms with van der Waals surface area (Å²) < 4.78 is 0. The smallest absolute Gasteiger partial charge is 0.106 e. The number of aromatic nitrogens is 1. The first kappa shape index (κ1) is 12.0. The molecular formula is C13H20N2S2. The zero-order valence-electron chi connectivity index (χ0n) is 10.4. The van der Waals surface area contributed by atoms with Crippen molar-refractivity contribution >= 4 is 23.1 Å². The zero-order valence-corrected chi connectivity index (χ0v) is 12.0. The third kappa shape index (κ3) is 2.40. The van der Waals surface area contributed by atoms with Crippen LogP contribution in [0, 0.1) is 0 Å². The van der Waals surface area contributed by atoms with Gasteiger partial charge in [-0.15, -0.1) is 11.3 Å². The molecule has 0 saturated carbocycles. The van der Waals surface area contributed by atoms with E-state index in [0.29, 0.717) is 11.3 Å². The molecule has 1 aromatic heterocycles. The van der Waals surface area contributed by atoms with E-state index < -0.39 is 0 Å². The van der Waals surface area contributed by atoms with E-state index in [9.17, 15) is 0 Å². The Balaban J connectivity index is 1.84. The molecule has 0 amide bonds. The van der Waals surface area contributed by atoms with E-state index in [1.165, 1.54) is 59.9 Å². The van der Waals surface area contributed by atoms with Gasteiger partial charge in [-0.3, -0.25) is 0 Å². The summed E-state index contributed by atoms with van der Waals surface area (Å²) in [5.74, 6) is 1.32. The fourth-order valence-corrected chi connectivity index (χ4v) is 5.59. The molecule has 4 heteroatoms. The van der Waals surface area contributed by atoms with Crippen molar-refractivity contribution in [2.75, 3.05) is 12.8 Å². The first-order valence-corrected chi connectivity index (χ1v) is 8.53. The van der Waals surface area contributed by atoms with Crippen molar-refractivity contribution in [3.63, 3.8) is 0 Å². The SMILES string of the molecule is CNC1CCCc2nc(C3CCCCS3)sc21. The molecule has 0 aromatic carbocycles. The minimum atomic E-state index is 0.568. The highest BCUT2D eigenvalue weighted by Crippen LogP contribution is 2.43. The number of aryl methyl sites for hydroxylation is 1. The van der Waals surface area contributed by atoms with Crippen molar-refractivity contribution in [3.8, 4) is 0 Å². The van der Waals surface area contributed by atoms with E-state index in [4.69, 9.17) is 4.98 Å². The summed E-state index contributed by atoms with van der Waals surface area (Å²) in [5.41, 5.74) is 1.39. The molecule has 1 saturated heterocycles. The molecule has 0 radical (unpaired) electrons. The van der Waals surface area contributed by atoms with Gasteiger partial charge >= 0.3 is 0 Å². The lowest BCUT2D eigenvalue weighted by Crippen LogP contribution is -2.19. The first-order chi connectivity index (χ1) is 8.38. The summed E-state index contributed by atoms with van der Waals surface area (Å²) in [7, 11) is 2.08. The highest BCUT2D eigenvalue weighted by molar-refractivity contribution is 7.99. The number of thioether (sulfide) groups is 1. The maximum Gasteiger partial charge on any atom is 0.106 e. The van der Waals surface area contributed by atoms with E-state index >= 15 is 0 Å². The van der Waals surface area contributed by atoms with E-state index in [1.54, 1.807) is 0 Å². The van der Waals surface area contributed by atoms with Crippen LogP contribution >= 0.6 is 23.1 Å². The quantitative estimate of drug-likeness (QED) is 0.885. The highest BCUT2D eigenvalue weighted by Gasteiger charge is 2.27. The van der Waals surface area contributed by atoms with Crippen LogP contribution in [0.25, 0.3) is 0 Å².